The maximum atomic E-state index is 11.5. The van der Waals surface area contributed by atoms with Crippen LogP contribution in [0, 0.1) is 11.7 Å². The van der Waals surface area contributed by atoms with Crippen molar-refractivity contribution in [1.29, 1.82) is 0 Å². The smallest absolute Gasteiger partial charge is 0.257 e. The number of hydrogen-bond acceptors (Lipinski definition) is 2. The van der Waals surface area contributed by atoms with Crippen molar-refractivity contribution in [3.05, 3.63) is 26.9 Å². The van der Waals surface area contributed by atoms with Crippen LogP contribution in [0.15, 0.2) is 11.0 Å². The van der Waals surface area contributed by atoms with E-state index in [-0.39, 0.29) is 11.6 Å². The molecule has 4 heteroatoms. The molecule has 0 saturated heterocycles. The van der Waals surface area contributed by atoms with Crippen molar-refractivity contribution in [2.24, 2.45) is 0 Å². The summed E-state index contributed by atoms with van der Waals surface area (Å²) in [5, 5.41) is 0. The second-order valence-electron chi connectivity index (χ2n) is 3.05. The molecule has 0 amide bonds. The quantitative estimate of drug-likeness (QED) is 0.676. The van der Waals surface area contributed by atoms with Crippen molar-refractivity contribution in [2.45, 2.75) is 26.8 Å². The van der Waals surface area contributed by atoms with E-state index in [0.29, 0.717) is 10.3 Å². The molecule has 1 aromatic heterocycles. The summed E-state index contributed by atoms with van der Waals surface area (Å²) in [6.45, 7) is 5.64. The Hall–Kier alpha value is -0.900. The third-order valence-electron chi connectivity index (χ3n) is 1.70. The number of H-pyrrole nitrogens is 1. The zero-order valence-corrected chi connectivity index (χ0v) is 8.23. The SMILES string of the molecule is Cc1c[nH]c(=S)n(C(C)C)c1=O. The van der Waals surface area contributed by atoms with Gasteiger partial charge in [0.2, 0.25) is 0 Å². The molecule has 0 aliphatic rings. The highest BCUT2D eigenvalue weighted by molar-refractivity contribution is 7.71. The minimum Gasteiger partial charge on any atom is -0.338 e. The highest BCUT2D eigenvalue weighted by Crippen LogP contribution is 2.00. The molecule has 0 aliphatic carbocycles. The molecule has 0 atom stereocenters. The van der Waals surface area contributed by atoms with Crippen LogP contribution in [0.4, 0.5) is 0 Å². The molecule has 0 bridgehead atoms. The molecule has 1 N–H and O–H groups in total. The molecule has 0 spiro atoms. The maximum Gasteiger partial charge on any atom is 0.257 e. The van der Waals surface area contributed by atoms with Gasteiger partial charge < -0.3 is 4.98 Å². The van der Waals surface area contributed by atoms with Gasteiger partial charge in [-0.05, 0) is 33.0 Å². The number of aryl methyl sites for hydroxylation is 1. The molecule has 12 heavy (non-hydrogen) atoms. The number of aromatic nitrogens is 2. The average Bonchev–Trinajstić information content (AvgIpc) is 1.97. The lowest BCUT2D eigenvalue weighted by Gasteiger charge is -2.09. The largest absolute Gasteiger partial charge is 0.338 e. The average molecular weight is 184 g/mol. The Kier molecular flexibility index (Phi) is 2.47. The van der Waals surface area contributed by atoms with Gasteiger partial charge in [0.15, 0.2) is 4.77 Å². The fourth-order valence-corrected chi connectivity index (χ4v) is 1.41. The molecular formula is C8H12N2OS. The van der Waals surface area contributed by atoms with Crippen LogP contribution in [0.25, 0.3) is 0 Å². The van der Waals surface area contributed by atoms with Gasteiger partial charge in [-0.25, -0.2) is 0 Å². The fourth-order valence-electron chi connectivity index (χ4n) is 1.05. The zero-order valence-electron chi connectivity index (χ0n) is 7.42. The summed E-state index contributed by atoms with van der Waals surface area (Å²) >= 11 is 4.98. The predicted molar refractivity (Wildman–Crippen MR) is 51.0 cm³/mol. The maximum absolute atomic E-state index is 11.5. The van der Waals surface area contributed by atoms with E-state index in [2.05, 4.69) is 4.98 Å². The first-order valence-corrected chi connectivity index (χ1v) is 4.25. The molecular weight excluding hydrogens is 172 g/mol. The molecule has 0 aliphatic heterocycles. The highest BCUT2D eigenvalue weighted by atomic mass is 32.1. The molecule has 3 nitrogen and oxygen atoms in total. The van der Waals surface area contributed by atoms with Crippen LogP contribution in [0.2, 0.25) is 0 Å². The molecule has 0 saturated carbocycles. The van der Waals surface area contributed by atoms with E-state index < -0.39 is 0 Å². The van der Waals surface area contributed by atoms with Crippen molar-refractivity contribution in [3.8, 4) is 0 Å². The minimum absolute atomic E-state index is 0.00579. The van der Waals surface area contributed by atoms with Crippen molar-refractivity contribution < 1.29 is 0 Å². The Balaban J connectivity index is 3.55. The van der Waals surface area contributed by atoms with Crippen LogP contribution < -0.4 is 5.56 Å². The van der Waals surface area contributed by atoms with Gasteiger partial charge in [0.1, 0.15) is 0 Å². The number of nitrogens with zero attached hydrogens (tertiary/aromatic N) is 1. The molecule has 0 unspecified atom stereocenters. The lowest BCUT2D eigenvalue weighted by Crippen LogP contribution is -2.25. The van der Waals surface area contributed by atoms with E-state index in [0.717, 1.165) is 0 Å². The number of rotatable bonds is 1. The summed E-state index contributed by atoms with van der Waals surface area (Å²) < 4.78 is 2.06. The monoisotopic (exact) mass is 184 g/mol. The Morgan fingerprint density at radius 2 is 2.17 bits per heavy atom. The first-order valence-electron chi connectivity index (χ1n) is 3.85. The van der Waals surface area contributed by atoms with Crippen LogP contribution in [-0.2, 0) is 0 Å². The normalized spacial score (nSPS) is 10.7. The van der Waals surface area contributed by atoms with Crippen LogP contribution >= 0.6 is 12.2 Å². The summed E-state index contributed by atoms with van der Waals surface area (Å²) in [6, 6.07) is 0.112. The third-order valence-corrected chi connectivity index (χ3v) is 2.02. The minimum atomic E-state index is -0.00579. The lowest BCUT2D eigenvalue weighted by molar-refractivity contribution is 0.555. The van der Waals surface area contributed by atoms with Gasteiger partial charge in [0.25, 0.3) is 5.56 Å². The predicted octanol–water partition coefficient (Wildman–Crippen LogP) is 1.80. The Labute approximate surface area is 76.1 Å². The van der Waals surface area contributed by atoms with E-state index in [9.17, 15) is 4.79 Å². The van der Waals surface area contributed by atoms with Gasteiger partial charge in [0.05, 0.1) is 0 Å². The van der Waals surface area contributed by atoms with E-state index in [1.807, 2.05) is 13.8 Å². The van der Waals surface area contributed by atoms with Gasteiger partial charge >= 0.3 is 0 Å². The van der Waals surface area contributed by atoms with Gasteiger partial charge in [-0.1, -0.05) is 0 Å². The second-order valence-corrected chi connectivity index (χ2v) is 3.43. The number of hydrogen-bond donors (Lipinski definition) is 1. The van der Waals surface area contributed by atoms with Crippen molar-refractivity contribution in [3.63, 3.8) is 0 Å². The van der Waals surface area contributed by atoms with E-state index in [1.54, 1.807) is 17.7 Å². The summed E-state index contributed by atoms with van der Waals surface area (Å²) in [6.07, 6.45) is 1.64. The molecule has 1 aromatic rings. The van der Waals surface area contributed by atoms with Gasteiger partial charge in [0, 0.05) is 17.8 Å². The Morgan fingerprint density at radius 3 is 2.58 bits per heavy atom. The number of nitrogens with one attached hydrogen (secondary N) is 1. The summed E-state index contributed by atoms with van der Waals surface area (Å²) in [7, 11) is 0. The van der Waals surface area contributed by atoms with Gasteiger partial charge in [-0.15, -0.1) is 0 Å². The van der Waals surface area contributed by atoms with Gasteiger partial charge in [-0.2, -0.15) is 0 Å². The van der Waals surface area contributed by atoms with E-state index >= 15 is 0 Å². The summed E-state index contributed by atoms with van der Waals surface area (Å²) in [5.74, 6) is 0. The highest BCUT2D eigenvalue weighted by Gasteiger charge is 2.03. The van der Waals surface area contributed by atoms with E-state index in [1.165, 1.54) is 0 Å². The lowest BCUT2D eigenvalue weighted by atomic mass is 10.3. The zero-order chi connectivity index (χ0) is 9.30. The van der Waals surface area contributed by atoms with Crippen LogP contribution in [0.1, 0.15) is 25.5 Å². The molecule has 0 radical (unpaired) electrons. The Morgan fingerprint density at radius 1 is 1.58 bits per heavy atom. The molecule has 0 aromatic carbocycles. The first-order chi connectivity index (χ1) is 5.54. The van der Waals surface area contributed by atoms with Crippen molar-refractivity contribution in [1.82, 2.24) is 9.55 Å². The van der Waals surface area contributed by atoms with Crippen LogP contribution in [0.3, 0.4) is 0 Å². The number of aromatic amines is 1. The second kappa shape index (κ2) is 3.23. The first kappa shape index (κ1) is 9.19. The third kappa shape index (κ3) is 1.48. The molecule has 1 rings (SSSR count). The molecule has 0 fully saturated rings. The molecule has 66 valence electrons. The standard InChI is InChI=1S/C8H12N2OS/c1-5(2)10-7(11)6(3)4-9-8(10)12/h4-5H,1-3H3,(H,9,12). The molecule has 1 heterocycles. The summed E-state index contributed by atoms with van der Waals surface area (Å²) in [5.41, 5.74) is 0.686. The van der Waals surface area contributed by atoms with Crippen LogP contribution in [-0.4, -0.2) is 9.55 Å². The topological polar surface area (TPSA) is 37.8 Å². The van der Waals surface area contributed by atoms with Crippen LogP contribution in [0.5, 0.6) is 0 Å². The summed E-state index contributed by atoms with van der Waals surface area (Å²) in [4.78, 5) is 14.4. The Bertz CT molecular complexity index is 389. The fraction of sp³-hybridized carbons (Fsp3) is 0.500. The van der Waals surface area contributed by atoms with Gasteiger partial charge in [-0.3, -0.25) is 9.36 Å². The van der Waals surface area contributed by atoms with E-state index in [4.69, 9.17) is 12.2 Å². The van der Waals surface area contributed by atoms with Crippen molar-refractivity contribution in [2.75, 3.05) is 0 Å². The van der Waals surface area contributed by atoms with Crippen molar-refractivity contribution >= 4 is 12.2 Å².